The number of aryl methyl sites for hydroxylation is 1. The predicted molar refractivity (Wildman–Crippen MR) is 102 cm³/mol. The van der Waals surface area contributed by atoms with E-state index in [1.54, 1.807) is 13.2 Å². The van der Waals surface area contributed by atoms with Gasteiger partial charge in [0.1, 0.15) is 18.1 Å². The second-order valence-corrected chi connectivity index (χ2v) is 6.72. The largest absolute Gasteiger partial charge is 0.496 e. The third kappa shape index (κ3) is 4.08. The molecule has 0 saturated carbocycles. The summed E-state index contributed by atoms with van der Waals surface area (Å²) in [7, 11) is 1.62. The van der Waals surface area contributed by atoms with Gasteiger partial charge in [0.05, 0.1) is 18.6 Å². The molecule has 1 saturated heterocycles. The summed E-state index contributed by atoms with van der Waals surface area (Å²) in [4.78, 5) is 26.3. The van der Waals surface area contributed by atoms with Crippen LogP contribution in [0.2, 0.25) is 0 Å². The molecule has 1 aliphatic heterocycles. The average molecular weight is 369 g/mol. The van der Waals surface area contributed by atoms with E-state index in [4.69, 9.17) is 9.47 Å². The number of amides is 2. The highest BCUT2D eigenvalue weighted by Gasteiger charge is 2.34. The van der Waals surface area contributed by atoms with Gasteiger partial charge in [-0.25, -0.2) is 0 Å². The highest BCUT2D eigenvalue weighted by Crippen LogP contribution is 2.32. The van der Waals surface area contributed by atoms with Crippen LogP contribution in [0.25, 0.3) is 6.08 Å². The number of hydrogen-bond acceptors (Lipinski definition) is 5. The van der Waals surface area contributed by atoms with E-state index in [2.05, 4.69) is 0 Å². The van der Waals surface area contributed by atoms with Crippen LogP contribution in [0.1, 0.15) is 11.1 Å². The molecular weight excluding hydrogens is 350 g/mol. The number of ether oxygens (including phenoxy) is 2. The molecule has 0 spiro atoms. The van der Waals surface area contributed by atoms with Crippen molar-refractivity contribution in [1.82, 2.24) is 4.90 Å². The van der Waals surface area contributed by atoms with Crippen molar-refractivity contribution in [2.45, 2.75) is 6.92 Å². The van der Waals surface area contributed by atoms with Crippen LogP contribution in [0.15, 0.2) is 53.4 Å². The number of carbonyl (C=O) groups is 2. The summed E-state index contributed by atoms with van der Waals surface area (Å²) in [6.45, 7) is 2.42. The Kier molecular flexibility index (Phi) is 5.63. The Balaban J connectivity index is 1.65. The Labute approximate surface area is 156 Å². The number of rotatable bonds is 6. The van der Waals surface area contributed by atoms with Gasteiger partial charge in [-0.2, -0.15) is 0 Å². The topological polar surface area (TPSA) is 55.8 Å². The van der Waals surface area contributed by atoms with Gasteiger partial charge >= 0.3 is 0 Å². The molecule has 0 unspecified atom stereocenters. The van der Waals surface area contributed by atoms with Crippen molar-refractivity contribution in [3.8, 4) is 11.5 Å². The van der Waals surface area contributed by atoms with Crippen molar-refractivity contribution in [1.29, 1.82) is 0 Å². The standard InChI is InChI=1S/C20H19NO4S/c1-14-12-15(8-9-17(14)24-2)13-18-19(22)21(20(23)26-18)10-11-25-16-6-4-3-5-7-16/h3-9,12-13H,10-11H2,1-2H3/b18-13-. The van der Waals surface area contributed by atoms with Gasteiger partial charge in [-0.1, -0.05) is 24.3 Å². The number of para-hydroxylation sites is 1. The molecule has 0 aliphatic carbocycles. The Morgan fingerprint density at radius 1 is 1.12 bits per heavy atom. The van der Waals surface area contributed by atoms with Gasteiger partial charge in [-0.15, -0.1) is 0 Å². The minimum Gasteiger partial charge on any atom is -0.496 e. The summed E-state index contributed by atoms with van der Waals surface area (Å²) in [5.41, 5.74) is 1.83. The first kappa shape index (κ1) is 18.1. The number of carbonyl (C=O) groups excluding carboxylic acids is 2. The van der Waals surface area contributed by atoms with Crippen molar-refractivity contribution in [2.24, 2.45) is 0 Å². The number of methoxy groups -OCH3 is 1. The molecule has 0 N–H and O–H groups in total. The second-order valence-electron chi connectivity index (χ2n) is 5.72. The zero-order valence-corrected chi connectivity index (χ0v) is 15.4. The summed E-state index contributed by atoms with van der Waals surface area (Å²) in [5.74, 6) is 1.21. The smallest absolute Gasteiger partial charge is 0.293 e. The lowest BCUT2D eigenvalue weighted by atomic mass is 10.1. The minimum atomic E-state index is -0.287. The van der Waals surface area contributed by atoms with Crippen molar-refractivity contribution in [3.63, 3.8) is 0 Å². The molecule has 0 atom stereocenters. The van der Waals surface area contributed by atoms with E-state index in [0.717, 1.165) is 28.6 Å². The van der Waals surface area contributed by atoms with Crippen LogP contribution in [0.3, 0.4) is 0 Å². The van der Waals surface area contributed by atoms with Crippen LogP contribution in [0.4, 0.5) is 4.79 Å². The summed E-state index contributed by atoms with van der Waals surface area (Å²) in [6.07, 6.45) is 1.73. The van der Waals surface area contributed by atoms with E-state index in [9.17, 15) is 9.59 Å². The van der Waals surface area contributed by atoms with Gasteiger partial charge in [0.2, 0.25) is 0 Å². The number of nitrogens with zero attached hydrogens (tertiary/aromatic N) is 1. The van der Waals surface area contributed by atoms with Crippen molar-refractivity contribution >= 4 is 29.0 Å². The van der Waals surface area contributed by atoms with Gasteiger partial charge in [0.15, 0.2) is 0 Å². The van der Waals surface area contributed by atoms with E-state index < -0.39 is 0 Å². The number of thioether (sulfide) groups is 1. The van der Waals surface area contributed by atoms with Gasteiger partial charge in [0.25, 0.3) is 11.1 Å². The van der Waals surface area contributed by atoms with Crippen LogP contribution in [0.5, 0.6) is 11.5 Å². The molecule has 2 amide bonds. The first-order valence-corrected chi connectivity index (χ1v) is 8.98. The lowest BCUT2D eigenvalue weighted by Gasteiger charge is -2.13. The molecule has 3 rings (SSSR count). The van der Waals surface area contributed by atoms with E-state index >= 15 is 0 Å². The predicted octanol–water partition coefficient (Wildman–Crippen LogP) is 4.12. The maximum Gasteiger partial charge on any atom is 0.293 e. The Morgan fingerprint density at radius 3 is 2.58 bits per heavy atom. The van der Waals surface area contributed by atoms with Crippen molar-refractivity contribution < 1.29 is 19.1 Å². The molecule has 6 heteroatoms. The lowest BCUT2D eigenvalue weighted by Crippen LogP contribution is -2.32. The molecule has 0 bridgehead atoms. The van der Waals surface area contributed by atoms with Crippen LogP contribution < -0.4 is 9.47 Å². The average Bonchev–Trinajstić information content (AvgIpc) is 2.90. The molecule has 1 fully saturated rings. The van der Waals surface area contributed by atoms with Gasteiger partial charge < -0.3 is 9.47 Å². The minimum absolute atomic E-state index is 0.221. The molecule has 2 aromatic carbocycles. The molecule has 5 nitrogen and oxygen atoms in total. The lowest BCUT2D eigenvalue weighted by molar-refractivity contribution is -0.123. The van der Waals surface area contributed by atoms with Crippen LogP contribution in [-0.2, 0) is 4.79 Å². The number of hydrogen-bond donors (Lipinski definition) is 0. The molecule has 1 aliphatic rings. The van der Waals surface area contributed by atoms with Gasteiger partial charge in [0, 0.05) is 0 Å². The number of benzene rings is 2. The summed E-state index contributed by atoms with van der Waals surface area (Å²) in [6, 6.07) is 14.9. The van der Waals surface area contributed by atoms with E-state index in [0.29, 0.717) is 10.7 Å². The Morgan fingerprint density at radius 2 is 1.88 bits per heavy atom. The molecule has 2 aromatic rings. The maximum atomic E-state index is 12.5. The fourth-order valence-electron chi connectivity index (χ4n) is 2.61. The van der Waals surface area contributed by atoms with Crippen molar-refractivity contribution in [2.75, 3.05) is 20.3 Å². The zero-order valence-electron chi connectivity index (χ0n) is 14.6. The first-order chi connectivity index (χ1) is 12.6. The van der Waals surface area contributed by atoms with E-state index in [1.165, 1.54) is 4.90 Å². The summed E-state index contributed by atoms with van der Waals surface area (Å²) in [5, 5.41) is -0.275. The summed E-state index contributed by atoms with van der Waals surface area (Å²) >= 11 is 0.950. The SMILES string of the molecule is COc1ccc(/C=C2\SC(=O)N(CCOc3ccccc3)C2=O)cc1C. The van der Waals surface area contributed by atoms with Crippen LogP contribution in [-0.4, -0.2) is 36.3 Å². The molecular formula is C20H19NO4S. The fraction of sp³-hybridized carbons (Fsp3) is 0.200. The monoisotopic (exact) mass is 369 g/mol. The fourth-order valence-corrected chi connectivity index (χ4v) is 3.47. The molecule has 1 heterocycles. The Bertz CT molecular complexity index is 848. The maximum absolute atomic E-state index is 12.5. The van der Waals surface area contributed by atoms with Gasteiger partial charge in [-0.05, 0) is 60.2 Å². The highest BCUT2D eigenvalue weighted by molar-refractivity contribution is 8.18. The zero-order chi connectivity index (χ0) is 18.5. The van der Waals surface area contributed by atoms with E-state index in [-0.39, 0.29) is 24.3 Å². The highest BCUT2D eigenvalue weighted by atomic mass is 32.2. The first-order valence-electron chi connectivity index (χ1n) is 8.16. The quantitative estimate of drug-likeness (QED) is 0.717. The molecule has 0 aromatic heterocycles. The number of imide groups is 1. The molecule has 134 valence electrons. The Hall–Kier alpha value is -2.73. The van der Waals surface area contributed by atoms with Crippen molar-refractivity contribution in [3.05, 3.63) is 64.6 Å². The molecule has 0 radical (unpaired) electrons. The normalized spacial score (nSPS) is 15.6. The summed E-state index contributed by atoms with van der Waals surface area (Å²) < 4.78 is 10.8. The van der Waals surface area contributed by atoms with Crippen LogP contribution in [0, 0.1) is 6.92 Å². The third-order valence-corrected chi connectivity index (χ3v) is 4.82. The van der Waals surface area contributed by atoms with E-state index in [1.807, 2.05) is 55.5 Å². The van der Waals surface area contributed by atoms with Gasteiger partial charge in [-0.3, -0.25) is 14.5 Å². The third-order valence-electron chi connectivity index (χ3n) is 3.92. The second kappa shape index (κ2) is 8.10. The van der Waals surface area contributed by atoms with Crippen LogP contribution >= 0.6 is 11.8 Å². The molecule has 26 heavy (non-hydrogen) atoms.